The van der Waals surface area contributed by atoms with Gasteiger partial charge in [0.25, 0.3) is 0 Å². The van der Waals surface area contributed by atoms with Gasteiger partial charge in [0.05, 0.1) is 25.6 Å². The molecule has 1 heterocycles. The number of aliphatic hydroxyl groups excluding tert-OH is 1. The highest BCUT2D eigenvalue weighted by Crippen LogP contribution is 2.31. The van der Waals surface area contributed by atoms with E-state index in [4.69, 9.17) is 21.7 Å². The molecule has 9 nitrogen and oxygen atoms in total. The molecule has 1 amide bonds. The summed E-state index contributed by atoms with van der Waals surface area (Å²) in [5.74, 6) is -0.266. The standard InChI is InChI=1S/C16H22N4O5S/c1-3-24-14(22)12-13(18-15(26)19-16(23)25-4-2)20(9-17-12)11-6-5-10(7-11)8-21/h5-6,9-11,21H,3-4,7-8H2,1-2H3,(H2,18,19,23,26)/t10-,11+/m1/s1. The van der Waals surface area contributed by atoms with Crippen molar-refractivity contribution in [2.45, 2.75) is 26.3 Å². The van der Waals surface area contributed by atoms with Gasteiger partial charge in [-0.25, -0.2) is 14.6 Å². The number of ether oxygens (including phenoxy) is 2. The predicted molar refractivity (Wildman–Crippen MR) is 97.9 cm³/mol. The van der Waals surface area contributed by atoms with Crippen LogP contribution >= 0.6 is 12.2 Å². The second-order valence-electron chi connectivity index (χ2n) is 5.50. The second-order valence-corrected chi connectivity index (χ2v) is 5.91. The number of rotatable bonds is 6. The fourth-order valence-electron chi connectivity index (χ4n) is 2.58. The maximum atomic E-state index is 12.2. The smallest absolute Gasteiger partial charge is 0.413 e. The van der Waals surface area contributed by atoms with E-state index in [1.165, 1.54) is 6.33 Å². The molecule has 3 N–H and O–H groups in total. The molecular weight excluding hydrogens is 360 g/mol. The van der Waals surface area contributed by atoms with E-state index >= 15 is 0 Å². The number of imidazole rings is 1. The van der Waals surface area contributed by atoms with E-state index in [2.05, 4.69) is 15.6 Å². The van der Waals surface area contributed by atoms with Crippen LogP contribution < -0.4 is 10.6 Å². The number of nitrogens with one attached hydrogen (secondary N) is 2. The van der Waals surface area contributed by atoms with Gasteiger partial charge in [-0.1, -0.05) is 12.2 Å². The lowest BCUT2D eigenvalue weighted by Gasteiger charge is -2.18. The van der Waals surface area contributed by atoms with E-state index in [0.717, 1.165) is 0 Å². The number of carbonyl (C=O) groups is 2. The lowest BCUT2D eigenvalue weighted by molar-refractivity contribution is 0.0521. The third-order valence-corrected chi connectivity index (χ3v) is 3.93. The average molecular weight is 382 g/mol. The number of allylic oxidation sites excluding steroid dienone is 1. The Bertz CT molecular complexity index is 703. The van der Waals surface area contributed by atoms with Gasteiger partial charge in [0, 0.05) is 12.5 Å². The van der Waals surface area contributed by atoms with Crippen molar-refractivity contribution in [3.05, 3.63) is 24.2 Å². The third kappa shape index (κ3) is 4.79. The molecule has 0 spiro atoms. The minimum Gasteiger partial charge on any atom is -0.461 e. The summed E-state index contributed by atoms with van der Waals surface area (Å²) in [4.78, 5) is 27.8. The van der Waals surface area contributed by atoms with E-state index in [0.29, 0.717) is 12.2 Å². The second kappa shape index (κ2) is 9.30. The summed E-state index contributed by atoms with van der Waals surface area (Å²) >= 11 is 5.11. The lowest BCUT2D eigenvalue weighted by Crippen LogP contribution is -2.35. The van der Waals surface area contributed by atoms with Gasteiger partial charge in [-0.3, -0.25) is 5.32 Å². The number of thiocarbonyl (C=S) groups is 1. The Kier molecular flexibility index (Phi) is 7.10. The van der Waals surface area contributed by atoms with Gasteiger partial charge in [0.2, 0.25) is 0 Å². The number of esters is 1. The van der Waals surface area contributed by atoms with Crippen molar-refractivity contribution in [2.75, 3.05) is 25.1 Å². The first-order valence-corrected chi connectivity index (χ1v) is 8.68. The zero-order valence-corrected chi connectivity index (χ0v) is 15.4. The minimum absolute atomic E-state index is 0.0311. The fourth-order valence-corrected chi connectivity index (χ4v) is 2.76. The molecule has 26 heavy (non-hydrogen) atoms. The summed E-state index contributed by atoms with van der Waals surface area (Å²) < 4.78 is 11.5. The first-order valence-electron chi connectivity index (χ1n) is 8.27. The minimum atomic E-state index is -0.699. The van der Waals surface area contributed by atoms with Crippen LogP contribution in [0.1, 0.15) is 36.8 Å². The number of nitrogens with zero attached hydrogens (tertiary/aromatic N) is 2. The third-order valence-electron chi connectivity index (χ3n) is 3.73. The molecule has 0 saturated heterocycles. The monoisotopic (exact) mass is 382 g/mol. The molecule has 0 fully saturated rings. The Labute approximate surface area is 156 Å². The Balaban J connectivity index is 2.23. The topological polar surface area (TPSA) is 115 Å². The van der Waals surface area contributed by atoms with Crippen LogP contribution in [0.25, 0.3) is 0 Å². The Morgan fingerprint density at radius 1 is 1.35 bits per heavy atom. The number of amides is 1. The molecular formula is C16H22N4O5S. The molecule has 10 heteroatoms. The van der Waals surface area contributed by atoms with Crippen molar-refractivity contribution in [1.82, 2.24) is 14.9 Å². The summed E-state index contributed by atoms with van der Waals surface area (Å²) in [6.45, 7) is 3.81. The molecule has 0 radical (unpaired) electrons. The van der Waals surface area contributed by atoms with E-state index in [-0.39, 0.29) is 42.6 Å². The van der Waals surface area contributed by atoms with Crippen LogP contribution in [0.15, 0.2) is 18.5 Å². The largest absolute Gasteiger partial charge is 0.461 e. The molecule has 1 aromatic heterocycles. The van der Waals surface area contributed by atoms with Gasteiger partial charge in [0.15, 0.2) is 10.8 Å². The quantitative estimate of drug-likeness (QED) is 0.386. The van der Waals surface area contributed by atoms with Crippen molar-refractivity contribution in [3.8, 4) is 0 Å². The molecule has 0 bridgehead atoms. The van der Waals surface area contributed by atoms with Gasteiger partial charge in [0.1, 0.15) is 5.82 Å². The van der Waals surface area contributed by atoms with Crippen LogP contribution in [0, 0.1) is 5.92 Å². The average Bonchev–Trinajstić information content (AvgIpc) is 3.21. The molecule has 0 aromatic carbocycles. The number of alkyl carbamates (subject to hydrolysis) is 1. The van der Waals surface area contributed by atoms with Crippen molar-refractivity contribution in [1.29, 1.82) is 0 Å². The van der Waals surface area contributed by atoms with Crippen molar-refractivity contribution < 1.29 is 24.2 Å². The zero-order valence-electron chi connectivity index (χ0n) is 14.6. The highest BCUT2D eigenvalue weighted by atomic mass is 32.1. The Morgan fingerprint density at radius 3 is 2.69 bits per heavy atom. The normalized spacial score (nSPS) is 18.4. The van der Waals surface area contributed by atoms with Gasteiger partial charge in [-0.2, -0.15) is 0 Å². The first kappa shape index (κ1) is 19.9. The van der Waals surface area contributed by atoms with Crippen molar-refractivity contribution >= 4 is 35.2 Å². The van der Waals surface area contributed by atoms with Gasteiger partial charge >= 0.3 is 12.1 Å². The number of hydrogen-bond donors (Lipinski definition) is 3. The number of hydrogen-bond acceptors (Lipinski definition) is 7. The molecule has 2 rings (SSSR count). The maximum absolute atomic E-state index is 12.2. The maximum Gasteiger partial charge on any atom is 0.413 e. The molecule has 2 atom stereocenters. The number of anilines is 1. The predicted octanol–water partition coefficient (Wildman–Crippen LogP) is 1.61. The van der Waals surface area contributed by atoms with Crippen LogP contribution in [0.2, 0.25) is 0 Å². The summed E-state index contributed by atoms with van der Waals surface area (Å²) in [7, 11) is 0. The fraction of sp³-hybridized carbons (Fsp3) is 0.500. The highest BCUT2D eigenvalue weighted by molar-refractivity contribution is 7.80. The Hall–Kier alpha value is -2.46. The molecule has 0 aliphatic heterocycles. The van der Waals surface area contributed by atoms with E-state index in [9.17, 15) is 14.7 Å². The summed E-state index contributed by atoms with van der Waals surface area (Å²) in [5, 5.41) is 14.5. The van der Waals surface area contributed by atoms with Crippen LogP contribution in [0.5, 0.6) is 0 Å². The van der Waals surface area contributed by atoms with Crippen LogP contribution in [0.3, 0.4) is 0 Å². The van der Waals surface area contributed by atoms with Gasteiger partial charge in [-0.15, -0.1) is 0 Å². The molecule has 1 aliphatic carbocycles. The van der Waals surface area contributed by atoms with Crippen LogP contribution in [-0.2, 0) is 9.47 Å². The number of carbonyl (C=O) groups excluding carboxylic acids is 2. The molecule has 0 saturated carbocycles. The molecule has 1 aliphatic rings. The summed E-state index contributed by atoms with van der Waals surface area (Å²) in [5.41, 5.74) is 0.0562. The lowest BCUT2D eigenvalue weighted by atomic mass is 10.1. The Morgan fingerprint density at radius 2 is 2.08 bits per heavy atom. The molecule has 0 unspecified atom stereocenters. The molecule has 142 valence electrons. The van der Waals surface area contributed by atoms with E-state index < -0.39 is 12.1 Å². The summed E-state index contributed by atoms with van der Waals surface area (Å²) in [6, 6.07) is -0.115. The molecule has 1 aromatic rings. The number of aromatic nitrogens is 2. The van der Waals surface area contributed by atoms with Gasteiger partial charge < -0.3 is 24.5 Å². The SMILES string of the molecule is CCOC(=O)NC(=S)Nc1c(C(=O)OCC)ncn1[C@H]1C=C[C@@H](CO)C1. The number of aliphatic hydroxyl groups is 1. The summed E-state index contributed by atoms with van der Waals surface area (Å²) in [6.07, 6.45) is 5.28. The van der Waals surface area contributed by atoms with E-state index in [1.807, 2.05) is 12.2 Å². The van der Waals surface area contributed by atoms with Crippen LogP contribution in [-0.4, -0.2) is 51.7 Å². The van der Waals surface area contributed by atoms with Crippen molar-refractivity contribution in [2.24, 2.45) is 5.92 Å². The zero-order chi connectivity index (χ0) is 19.1. The van der Waals surface area contributed by atoms with Gasteiger partial charge in [-0.05, 0) is 32.5 Å². The van der Waals surface area contributed by atoms with Crippen molar-refractivity contribution in [3.63, 3.8) is 0 Å². The van der Waals surface area contributed by atoms with Crippen LogP contribution in [0.4, 0.5) is 10.6 Å². The highest BCUT2D eigenvalue weighted by Gasteiger charge is 2.27. The first-order chi connectivity index (χ1) is 12.5. The van der Waals surface area contributed by atoms with E-state index in [1.54, 1.807) is 18.4 Å².